The Morgan fingerprint density at radius 2 is 1.66 bits per heavy atom. The minimum absolute atomic E-state index is 0.0748. The van der Waals surface area contributed by atoms with Crippen LogP contribution in [0.3, 0.4) is 0 Å². The number of amides is 2. The number of rotatable bonds is 7. The third-order valence-corrected chi connectivity index (χ3v) is 4.06. The van der Waals surface area contributed by atoms with Crippen molar-refractivity contribution in [3.63, 3.8) is 0 Å². The smallest absolute Gasteiger partial charge is 0.243 e. The molecular weight excluding hydrogens is 382 g/mol. The highest BCUT2D eigenvalue weighted by molar-refractivity contribution is 5.94. The van der Waals surface area contributed by atoms with E-state index in [2.05, 4.69) is 15.5 Å². The van der Waals surface area contributed by atoms with Crippen molar-refractivity contribution in [2.75, 3.05) is 18.9 Å². The van der Waals surface area contributed by atoms with E-state index in [1.54, 1.807) is 0 Å². The molecule has 0 bridgehead atoms. The van der Waals surface area contributed by atoms with Gasteiger partial charge in [0.25, 0.3) is 0 Å². The van der Waals surface area contributed by atoms with E-state index in [9.17, 15) is 18.4 Å². The SMILES string of the molecule is CN(CC(=O)Nc1ccc(F)cc1)C(=O)CCc1nc(-c2ccc(F)cc2)no1. The second kappa shape index (κ2) is 9.05. The minimum Gasteiger partial charge on any atom is -0.339 e. The van der Waals surface area contributed by atoms with Crippen molar-refractivity contribution in [2.45, 2.75) is 12.8 Å². The highest BCUT2D eigenvalue weighted by Crippen LogP contribution is 2.16. The van der Waals surface area contributed by atoms with E-state index in [0.717, 1.165) is 0 Å². The van der Waals surface area contributed by atoms with Gasteiger partial charge < -0.3 is 14.7 Å². The number of anilines is 1. The summed E-state index contributed by atoms with van der Waals surface area (Å²) in [4.78, 5) is 29.7. The predicted molar refractivity (Wildman–Crippen MR) is 101 cm³/mol. The van der Waals surface area contributed by atoms with Crippen molar-refractivity contribution in [3.05, 3.63) is 66.1 Å². The van der Waals surface area contributed by atoms with Crippen LogP contribution in [0.4, 0.5) is 14.5 Å². The molecule has 0 atom stereocenters. The summed E-state index contributed by atoms with van der Waals surface area (Å²) in [6, 6.07) is 11.0. The van der Waals surface area contributed by atoms with E-state index in [1.807, 2.05) is 0 Å². The number of carbonyl (C=O) groups is 2. The van der Waals surface area contributed by atoms with Gasteiger partial charge in [0.1, 0.15) is 11.6 Å². The topological polar surface area (TPSA) is 88.3 Å². The molecule has 0 aliphatic carbocycles. The molecule has 2 amide bonds. The Morgan fingerprint density at radius 1 is 1.03 bits per heavy atom. The quantitative estimate of drug-likeness (QED) is 0.659. The maximum Gasteiger partial charge on any atom is 0.243 e. The number of hydrogen-bond donors (Lipinski definition) is 1. The first-order valence-electron chi connectivity index (χ1n) is 8.78. The molecule has 1 N–H and O–H groups in total. The summed E-state index contributed by atoms with van der Waals surface area (Å²) in [6.45, 7) is -0.152. The number of carbonyl (C=O) groups excluding carboxylic acids is 2. The fraction of sp³-hybridized carbons (Fsp3) is 0.200. The van der Waals surface area contributed by atoms with Crippen molar-refractivity contribution in [3.8, 4) is 11.4 Å². The maximum absolute atomic E-state index is 13.0. The summed E-state index contributed by atoms with van der Waals surface area (Å²) >= 11 is 0. The van der Waals surface area contributed by atoms with Crippen LogP contribution >= 0.6 is 0 Å². The molecule has 2 aromatic carbocycles. The largest absolute Gasteiger partial charge is 0.339 e. The van der Waals surface area contributed by atoms with Crippen LogP contribution in [-0.2, 0) is 16.0 Å². The molecule has 3 aromatic rings. The molecule has 0 spiro atoms. The number of benzene rings is 2. The van der Waals surface area contributed by atoms with E-state index in [4.69, 9.17) is 4.52 Å². The van der Waals surface area contributed by atoms with Gasteiger partial charge in [0.05, 0.1) is 6.54 Å². The second-order valence-electron chi connectivity index (χ2n) is 6.32. The summed E-state index contributed by atoms with van der Waals surface area (Å²) in [6.07, 6.45) is 0.280. The molecule has 29 heavy (non-hydrogen) atoms. The van der Waals surface area contributed by atoms with E-state index >= 15 is 0 Å². The maximum atomic E-state index is 13.0. The number of likely N-dealkylation sites (N-methyl/N-ethyl adjacent to an activating group) is 1. The van der Waals surface area contributed by atoms with E-state index in [-0.39, 0.29) is 37.0 Å². The van der Waals surface area contributed by atoms with Crippen molar-refractivity contribution in [1.29, 1.82) is 0 Å². The molecule has 0 radical (unpaired) electrons. The average Bonchev–Trinajstić information content (AvgIpc) is 3.17. The highest BCUT2D eigenvalue weighted by Gasteiger charge is 2.16. The molecule has 9 heteroatoms. The summed E-state index contributed by atoms with van der Waals surface area (Å²) in [5.41, 5.74) is 1.04. The Morgan fingerprint density at radius 3 is 2.31 bits per heavy atom. The van der Waals surface area contributed by atoms with Crippen molar-refractivity contribution in [1.82, 2.24) is 15.0 Å². The lowest BCUT2D eigenvalue weighted by Crippen LogP contribution is -2.35. The lowest BCUT2D eigenvalue weighted by molar-refractivity contribution is -0.133. The van der Waals surface area contributed by atoms with Gasteiger partial charge in [-0.2, -0.15) is 4.98 Å². The minimum atomic E-state index is -0.404. The fourth-order valence-corrected chi connectivity index (χ4v) is 2.51. The lowest BCUT2D eigenvalue weighted by atomic mass is 10.2. The standard InChI is InChI=1S/C20H18F2N4O3/c1-26(12-17(27)23-16-8-6-15(22)7-9-16)19(28)11-10-18-24-20(25-29-18)13-2-4-14(21)5-3-13/h2-9H,10-12H2,1H3,(H,23,27). The molecule has 0 aliphatic rings. The zero-order valence-electron chi connectivity index (χ0n) is 15.6. The van der Waals surface area contributed by atoms with Crippen molar-refractivity contribution < 1.29 is 22.9 Å². The zero-order valence-corrected chi connectivity index (χ0v) is 15.6. The van der Waals surface area contributed by atoms with Gasteiger partial charge in [-0.1, -0.05) is 5.16 Å². The molecule has 0 fully saturated rings. The first-order chi connectivity index (χ1) is 13.9. The van der Waals surface area contributed by atoms with Gasteiger partial charge in [0.2, 0.25) is 23.5 Å². The van der Waals surface area contributed by atoms with Crippen LogP contribution in [0.25, 0.3) is 11.4 Å². The van der Waals surface area contributed by atoms with Gasteiger partial charge in [0, 0.05) is 31.1 Å². The van der Waals surface area contributed by atoms with Crippen LogP contribution in [0, 0.1) is 11.6 Å². The van der Waals surface area contributed by atoms with Crippen molar-refractivity contribution >= 4 is 17.5 Å². The summed E-state index contributed by atoms with van der Waals surface area (Å²) < 4.78 is 31.0. The Balaban J connectivity index is 1.48. The molecule has 3 rings (SSSR count). The van der Waals surface area contributed by atoms with Crippen LogP contribution in [0.2, 0.25) is 0 Å². The highest BCUT2D eigenvalue weighted by atomic mass is 19.1. The van der Waals surface area contributed by atoms with Gasteiger partial charge in [-0.3, -0.25) is 9.59 Å². The first-order valence-corrected chi connectivity index (χ1v) is 8.78. The lowest BCUT2D eigenvalue weighted by Gasteiger charge is -2.16. The number of halogens is 2. The molecular formula is C20H18F2N4O3. The fourth-order valence-electron chi connectivity index (χ4n) is 2.51. The van der Waals surface area contributed by atoms with Gasteiger partial charge in [-0.25, -0.2) is 8.78 Å². The van der Waals surface area contributed by atoms with Gasteiger partial charge in [0.15, 0.2) is 0 Å². The molecule has 0 saturated carbocycles. The summed E-state index contributed by atoms with van der Waals surface area (Å²) in [5, 5.41) is 6.40. The first kappa shape index (κ1) is 20.1. The predicted octanol–water partition coefficient (Wildman–Crippen LogP) is 3.04. The van der Waals surface area contributed by atoms with Crippen LogP contribution < -0.4 is 5.32 Å². The monoisotopic (exact) mass is 400 g/mol. The molecule has 1 heterocycles. The van der Waals surface area contributed by atoms with Crippen LogP contribution in [0.1, 0.15) is 12.3 Å². The summed E-state index contributed by atoms with van der Waals surface area (Å²) in [5.74, 6) is -0.876. The molecule has 7 nitrogen and oxygen atoms in total. The molecule has 0 aliphatic heterocycles. The Bertz CT molecular complexity index is 988. The zero-order chi connectivity index (χ0) is 20.8. The Hall–Kier alpha value is -3.62. The normalized spacial score (nSPS) is 10.6. The van der Waals surface area contributed by atoms with Crippen molar-refractivity contribution in [2.24, 2.45) is 0 Å². The third-order valence-electron chi connectivity index (χ3n) is 4.06. The van der Waals surface area contributed by atoms with Crippen LogP contribution in [0.5, 0.6) is 0 Å². The molecule has 1 aromatic heterocycles. The van der Waals surface area contributed by atoms with Gasteiger partial charge >= 0.3 is 0 Å². The van der Waals surface area contributed by atoms with E-state index in [0.29, 0.717) is 17.1 Å². The third kappa shape index (κ3) is 5.68. The van der Waals surface area contributed by atoms with E-state index < -0.39 is 11.7 Å². The molecule has 150 valence electrons. The number of aromatic nitrogens is 2. The summed E-state index contributed by atoms with van der Waals surface area (Å²) in [7, 11) is 1.50. The van der Waals surface area contributed by atoms with Crippen LogP contribution in [-0.4, -0.2) is 40.4 Å². The number of nitrogens with zero attached hydrogens (tertiary/aromatic N) is 3. The van der Waals surface area contributed by atoms with Gasteiger partial charge in [-0.15, -0.1) is 0 Å². The molecule has 0 saturated heterocycles. The average molecular weight is 400 g/mol. The Kier molecular flexibility index (Phi) is 6.28. The van der Waals surface area contributed by atoms with Crippen LogP contribution in [0.15, 0.2) is 53.1 Å². The second-order valence-corrected chi connectivity index (χ2v) is 6.32. The van der Waals surface area contributed by atoms with Gasteiger partial charge in [-0.05, 0) is 48.5 Å². The number of hydrogen-bond acceptors (Lipinski definition) is 5. The van der Waals surface area contributed by atoms with E-state index in [1.165, 1.54) is 60.5 Å². The number of nitrogens with one attached hydrogen (secondary N) is 1. The number of aryl methyl sites for hydroxylation is 1. The Labute approximate surface area is 165 Å². The molecule has 0 unspecified atom stereocenters.